The van der Waals surface area contributed by atoms with Crippen LogP contribution >= 0.6 is 0 Å². The maximum atomic E-state index is 13.0. The van der Waals surface area contributed by atoms with Gasteiger partial charge in [0.15, 0.2) is 0 Å². The molecule has 3 aromatic rings. The molecule has 0 aliphatic carbocycles. The Kier molecular flexibility index (Phi) is 5.30. The van der Waals surface area contributed by atoms with Crippen molar-refractivity contribution < 1.29 is 19.4 Å². The molecule has 1 aliphatic heterocycles. The molecule has 30 heavy (non-hydrogen) atoms. The van der Waals surface area contributed by atoms with Crippen molar-refractivity contribution in [2.75, 3.05) is 11.5 Å². The number of carbonyl (C=O) groups excluding carboxylic acids is 2. The molecule has 0 bridgehead atoms. The highest BCUT2D eigenvalue weighted by molar-refractivity contribution is 6.51. The summed E-state index contributed by atoms with van der Waals surface area (Å²) in [5, 5.41) is 11.0. The van der Waals surface area contributed by atoms with Gasteiger partial charge in [0.2, 0.25) is 0 Å². The molecule has 4 rings (SSSR count). The van der Waals surface area contributed by atoms with Crippen LogP contribution < -0.4 is 9.64 Å². The molecule has 1 fully saturated rings. The summed E-state index contributed by atoms with van der Waals surface area (Å²) in [5.74, 6) is -1.03. The van der Waals surface area contributed by atoms with E-state index in [1.807, 2.05) is 13.0 Å². The van der Waals surface area contributed by atoms with E-state index in [0.717, 1.165) is 0 Å². The molecule has 0 saturated carbocycles. The average molecular weight is 400 g/mol. The Labute approximate surface area is 174 Å². The lowest BCUT2D eigenvalue weighted by Crippen LogP contribution is -2.29. The van der Waals surface area contributed by atoms with Crippen molar-refractivity contribution in [2.45, 2.75) is 13.0 Å². The van der Waals surface area contributed by atoms with Crippen LogP contribution in [0.25, 0.3) is 5.76 Å². The third-order valence-electron chi connectivity index (χ3n) is 4.89. The number of pyridine rings is 1. The van der Waals surface area contributed by atoms with Crippen LogP contribution in [0, 0.1) is 0 Å². The quantitative estimate of drug-likeness (QED) is 0.396. The van der Waals surface area contributed by atoms with Gasteiger partial charge in [0.05, 0.1) is 17.9 Å². The van der Waals surface area contributed by atoms with Gasteiger partial charge in [-0.2, -0.15) is 0 Å². The van der Waals surface area contributed by atoms with E-state index in [1.54, 1.807) is 72.9 Å². The summed E-state index contributed by atoms with van der Waals surface area (Å²) in [6, 6.07) is 20.0. The number of Topliss-reactive ketones (excluding diaryl/α,β-unsaturated/α-hetero) is 1. The number of hydrogen-bond donors (Lipinski definition) is 1. The highest BCUT2D eigenvalue weighted by atomic mass is 16.5. The van der Waals surface area contributed by atoms with Crippen LogP contribution in [0.2, 0.25) is 0 Å². The Balaban J connectivity index is 1.87. The predicted molar refractivity (Wildman–Crippen MR) is 113 cm³/mol. The van der Waals surface area contributed by atoms with Gasteiger partial charge in [0.1, 0.15) is 17.6 Å². The number of hydrogen-bond acceptors (Lipinski definition) is 5. The fourth-order valence-electron chi connectivity index (χ4n) is 3.54. The molecule has 2 heterocycles. The fraction of sp³-hybridized carbons (Fsp3) is 0.125. The lowest BCUT2D eigenvalue weighted by molar-refractivity contribution is -0.132. The van der Waals surface area contributed by atoms with Gasteiger partial charge in [-0.25, -0.2) is 0 Å². The zero-order chi connectivity index (χ0) is 21.1. The summed E-state index contributed by atoms with van der Waals surface area (Å²) in [7, 11) is 0. The number of ether oxygens (including phenoxy) is 1. The number of benzene rings is 2. The molecular formula is C24H20N2O4. The second kappa shape index (κ2) is 8.21. The van der Waals surface area contributed by atoms with Crippen molar-refractivity contribution in [1.82, 2.24) is 4.98 Å². The minimum Gasteiger partial charge on any atom is -0.507 e. The van der Waals surface area contributed by atoms with Crippen molar-refractivity contribution in [3.8, 4) is 5.75 Å². The van der Waals surface area contributed by atoms with Crippen LogP contribution in [-0.4, -0.2) is 28.4 Å². The van der Waals surface area contributed by atoms with Gasteiger partial charge in [-0.1, -0.05) is 36.4 Å². The van der Waals surface area contributed by atoms with E-state index in [4.69, 9.17) is 4.74 Å². The molecule has 1 amide bonds. The van der Waals surface area contributed by atoms with Gasteiger partial charge in [-0.15, -0.1) is 0 Å². The van der Waals surface area contributed by atoms with Crippen molar-refractivity contribution in [2.24, 2.45) is 0 Å². The first-order valence-corrected chi connectivity index (χ1v) is 9.62. The summed E-state index contributed by atoms with van der Waals surface area (Å²) < 4.78 is 5.47. The zero-order valence-corrected chi connectivity index (χ0v) is 16.4. The third kappa shape index (κ3) is 3.43. The van der Waals surface area contributed by atoms with Crippen molar-refractivity contribution in [1.29, 1.82) is 0 Å². The van der Waals surface area contributed by atoms with Gasteiger partial charge in [-0.05, 0) is 43.3 Å². The number of aromatic nitrogens is 1. The van der Waals surface area contributed by atoms with E-state index in [0.29, 0.717) is 29.3 Å². The number of aliphatic hydroxyl groups is 1. The molecule has 1 saturated heterocycles. The number of aliphatic hydroxyl groups excluding tert-OH is 1. The highest BCUT2D eigenvalue weighted by Gasteiger charge is 2.47. The van der Waals surface area contributed by atoms with E-state index >= 15 is 0 Å². The van der Waals surface area contributed by atoms with E-state index in [9.17, 15) is 14.7 Å². The van der Waals surface area contributed by atoms with Gasteiger partial charge in [0.25, 0.3) is 11.7 Å². The standard InChI is InChI=1S/C24H20N2O4/c1-2-30-18-13-11-17(12-14-18)26-21(19-10-6-7-15-25-19)20(23(28)24(26)29)22(27)16-8-4-3-5-9-16/h3-15,21,27H,2H2,1H3/b22-20-. The SMILES string of the molecule is CCOc1ccc(N2C(=O)C(=O)/C(=C(\O)c3ccccc3)C2c2ccccn2)cc1. The summed E-state index contributed by atoms with van der Waals surface area (Å²) in [4.78, 5) is 31.7. The number of ketones is 1. The van der Waals surface area contributed by atoms with Gasteiger partial charge in [-0.3, -0.25) is 19.5 Å². The van der Waals surface area contributed by atoms with Crippen LogP contribution in [0.4, 0.5) is 5.69 Å². The fourth-order valence-corrected chi connectivity index (χ4v) is 3.54. The van der Waals surface area contributed by atoms with Crippen LogP contribution in [0.3, 0.4) is 0 Å². The smallest absolute Gasteiger partial charge is 0.300 e. The van der Waals surface area contributed by atoms with E-state index in [-0.39, 0.29) is 11.3 Å². The number of rotatable bonds is 5. The van der Waals surface area contributed by atoms with E-state index < -0.39 is 17.7 Å². The molecule has 0 spiro atoms. The highest BCUT2D eigenvalue weighted by Crippen LogP contribution is 2.41. The summed E-state index contributed by atoms with van der Waals surface area (Å²) >= 11 is 0. The van der Waals surface area contributed by atoms with E-state index in [2.05, 4.69) is 4.98 Å². The van der Waals surface area contributed by atoms with Gasteiger partial charge in [0, 0.05) is 17.4 Å². The van der Waals surface area contributed by atoms with Gasteiger partial charge >= 0.3 is 0 Å². The average Bonchev–Trinajstić information content (AvgIpc) is 3.06. The van der Waals surface area contributed by atoms with Crippen LogP contribution in [0.15, 0.2) is 84.6 Å². The predicted octanol–water partition coefficient (Wildman–Crippen LogP) is 4.11. The second-order valence-electron chi connectivity index (χ2n) is 6.72. The number of anilines is 1. The van der Waals surface area contributed by atoms with Crippen LogP contribution in [0.5, 0.6) is 5.75 Å². The van der Waals surface area contributed by atoms with Crippen LogP contribution in [-0.2, 0) is 9.59 Å². The molecule has 150 valence electrons. The van der Waals surface area contributed by atoms with Crippen molar-refractivity contribution in [3.05, 3.63) is 95.8 Å². The Hall–Kier alpha value is -3.93. The number of carbonyl (C=O) groups is 2. The lowest BCUT2D eigenvalue weighted by atomic mass is 9.98. The van der Waals surface area contributed by atoms with Crippen molar-refractivity contribution in [3.63, 3.8) is 0 Å². The summed E-state index contributed by atoms with van der Waals surface area (Å²) in [6.07, 6.45) is 1.59. The van der Waals surface area contributed by atoms with E-state index in [1.165, 1.54) is 4.90 Å². The lowest BCUT2D eigenvalue weighted by Gasteiger charge is -2.24. The number of nitrogens with zero attached hydrogens (tertiary/aromatic N) is 2. The monoisotopic (exact) mass is 400 g/mol. The Morgan fingerprint density at radius 2 is 1.70 bits per heavy atom. The molecule has 6 heteroatoms. The van der Waals surface area contributed by atoms with Crippen molar-refractivity contribution >= 4 is 23.1 Å². The first-order chi connectivity index (χ1) is 14.6. The Bertz CT molecular complexity index is 1090. The molecule has 1 atom stereocenters. The Morgan fingerprint density at radius 1 is 1.00 bits per heavy atom. The summed E-state index contributed by atoms with van der Waals surface area (Å²) in [6.45, 7) is 2.41. The first kappa shape index (κ1) is 19.4. The molecule has 1 aromatic heterocycles. The van der Waals surface area contributed by atoms with Crippen LogP contribution in [0.1, 0.15) is 24.2 Å². The normalized spacial score (nSPS) is 17.9. The summed E-state index contributed by atoms with van der Waals surface area (Å²) in [5.41, 5.74) is 1.48. The minimum absolute atomic E-state index is 0.0128. The maximum absolute atomic E-state index is 13.0. The zero-order valence-electron chi connectivity index (χ0n) is 16.4. The molecule has 1 aliphatic rings. The maximum Gasteiger partial charge on any atom is 0.300 e. The first-order valence-electron chi connectivity index (χ1n) is 9.62. The molecule has 1 N–H and O–H groups in total. The molecule has 6 nitrogen and oxygen atoms in total. The minimum atomic E-state index is -0.843. The van der Waals surface area contributed by atoms with Gasteiger partial charge < -0.3 is 9.84 Å². The molecule has 0 radical (unpaired) electrons. The topological polar surface area (TPSA) is 79.7 Å². The molecule has 1 unspecified atom stereocenters. The third-order valence-corrected chi connectivity index (χ3v) is 4.89. The Morgan fingerprint density at radius 3 is 2.33 bits per heavy atom. The largest absolute Gasteiger partial charge is 0.507 e. The molecular weight excluding hydrogens is 380 g/mol. The second-order valence-corrected chi connectivity index (χ2v) is 6.72. The number of amides is 1. The molecule has 2 aromatic carbocycles.